The zero-order valence-electron chi connectivity index (χ0n) is 20.6. The summed E-state index contributed by atoms with van der Waals surface area (Å²) >= 11 is 0. The molecule has 4 rings (SSSR count). The van der Waals surface area contributed by atoms with Crippen molar-refractivity contribution < 1.29 is 14.4 Å². The predicted molar refractivity (Wildman–Crippen MR) is 140 cm³/mol. The highest BCUT2D eigenvalue weighted by molar-refractivity contribution is 6.04. The van der Waals surface area contributed by atoms with Crippen LogP contribution in [-0.2, 0) is 9.63 Å². The van der Waals surface area contributed by atoms with E-state index in [9.17, 15) is 9.59 Å². The minimum absolute atomic E-state index is 0.102. The van der Waals surface area contributed by atoms with Crippen molar-refractivity contribution in [3.8, 4) is 0 Å². The molecule has 0 radical (unpaired) electrons. The molecule has 2 amide bonds. The van der Waals surface area contributed by atoms with E-state index in [0.717, 1.165) is 53.9 Å². The van der Waals surface area contributed by atoms with Gasteiger partial charge in [-0.15, -0.1) is 0 Å². The van der Waals surface area contributed by atoms with Crippen molar-refractivity contribution in [3.05, 3.63) is 72.3 Å². The fraction of sp³-hybridized carbons (Fsp3) is 0.357. The standard InChI is InChI=1S/C28H33N5O3/c1-2-3-19-36-33-25(34)15-6-4-5-13-23(31-28(35)24-14-9-10-18-29-24)27-30-22-17-16-20-11-7-8-12-21(20)26(22)32-27/h7-12,14,16-18,23H,2-6,13,15,19H2,1H3,(H,30,32)(H,31,35)(H,33,34)/t23-/m0/s1. The number of aromatic amines is 1. The normalized spacial score (nSPS) is 12.0. The van der Waals surface area contributed by atoms with Crippen LogP contribution in [0.5, 0.6) is 0 Å². The Morgan fingerprint density at radius 3 is 2.69 bits per heavy atom. The van der Waals surface area contributed by atoms with Gasteiger partial charge in [0, 0.05) is 18.0 Å². The van der Waals surface area contributed by atoms with E-state index in [1.165, 1.54) is 0 Å². The lowest BCUT2D eigenvalue weighted by Gasteiger charge is -2.16. The molecule has 188 valence electrons. The first kappa shape index (κ1) is 25.3. The summed E-state index contributed by atoms with van der Waals surface area (Å²) in [5, 5.41) is 5.29. The van der Waals surface area contributed by atoms with Gasteiger partial charge >= 0.3 is 0 Å². The monoisotopic (exact) mass is 487 g/mol. The van der Waals surface area contributed by atoms with Crippen molar-refractivity contribution in [2.45, 2.75) is 57.9 Å². The summed E-state index contributed by atoms with van der Waals surface area (Å²) in [6.45, 7) is 2.61. The molecule has 0 aliphatic heterocycles. The molecule has 2 heterocycles. The summed E-state index contributed by atoms with van der Waals surface area (Å²) in [7, 11) is 0. The zero-order valence-corrected chi connectivity index (χ0v) is 20.6. The Bertz CT molecular complexity index is 1290. The fourth-order valence-electron chi connectivity index (χ4n) is 4.14. The van der Waals surface area contributed by atoms with E-state index >= 15 is 0 Å². The van der Waals surface area contributed by atoms with Crippen molar-refractivity contribution in [1.29, 1.82) is 0 Å². The number of benzene rings is 2. The van der Waals surface area contributed by atoms with Crippen LogP contribution in [0.2, 0.25) is 0 Å². The average molecular weight is 488 g/mol. The summed E-state index contributed by atoms with van der Waals surface area (Å²) in [5.41, 5.74) is 4.68. The minimum Gasteiger partial charge on any atom is -0.341 e. The summed E-state index contributed by atoms with van der Waals surface area (Å²) in [6, 6.07) is 17.2. The number of imidazole rings is 1. The minimum atomic E-state index is -0.308. The van der Waals surface area contributed by atoms with Crippen LogP contribution in [0.4, 0.5) is 0 Å². The Balaban J connectivity index is 1.41. The highest BCUT2D eigenvalue weighted by Crippen LogP contribution is 2.27. The van der Waals surface area contributed by atoms with E-state index < -0.39 is 0 Å². The molecule has 2 aromatic carbocycles. The fourth-order valence-corrected chi connectivity index (χ4v) is 4.14. The number of hydrogen-bond donors (Lipinski definition) is 3. The smallest absolute Gasteiger partial charge is 0.270 e. The predicted octanol–water partition coefficient (Wildman–Crippen LogP) is 5.38. The van der Waals surface area contributed by atoms with Crippen molar-refractivity contribution in [1.82, 2.24) is 25.7 Å². The number of amides is 2. The number of rotatable bonds is 13. The summed E-state index contributed by atoms with van der Waals surface area (Å²) in [4.78, 5) is 42.5. The Morgan fingerprint density at radius 2 is 1.86 bits per heavy atom. The number of aromatic nitrogens is 3. The van der Waals surface area contributed by atoms with Crippen LogP contribution < -0.4 is 10.8 Å². The Labute approximate surface area is 210 Å². The first-order chi connectivity index (χ1) is 17.7. The van der Waals surface area contributed by atoms with Crippen molar-refractivity contribution in [2.75, 3.05) is 6.61 Å². The lowest BCUT2D eigenvalue weighted by molar-refractivity contribution is -0.133. The highest BCUT2D eigenvalue weighted by atomic mass is 16.6. The SMILES string of the molecule is CCCCONC(=O)CCCCC[C@H](NC(=O)c1ccccn1)c1nc2c(ccc3ccccc32)[nH]1. The van der Waals surface area contributed by atoms with Crippen molar-refractivity contribution in [2.24, 2.45) is 0 Å². The highest BCUT2D eigenvalue weighted by Gasteiger charge is 2.20. The van der Waals surface area contributed by atoms with Crippen LogP contribution in [0.25, 0.3) is 21.8 Å². The maximum atomic E-state index is 12.9. The van der Waals surface area contributed by atoms with Gasteiger partial charge < -0.3 is 10.3 Å². The van der Waals surface area contributed by atoms with Crippen molar-refractivity contribution in [3.63, 3.8) is 0 Å². The first-order valence-corrected chi connectivity index (χ1v) is 12.7. The molecule has 3 N–H and O–H groups in total. The van der Waals surface area contributed by atoms with Gasteiger partial charge in [-0.05, 0) is 42.8 Å². The van der Waals surface area contributed by atoms with Crippen LogP contribution in [-0.4, -0.2) is 33.4 Å². The number of carbonyl (C=O) groups is 2. The van der Waals surface area contributed by atoms with Gasteiger partial charge in [0.1, 0.15) is 11.5 Å². The van der Waals surface area contributed by atoms with Crippen LogP contribution in [0.3, 0.4) is 0 Å². The summed E-state index contributed by atoms with van der Waals surface area (Å²) in [6.07, 6.45) is 7.07. The van der Waals surface area contributed by atoms with Gasteiger partial charge in [0.25, 0.3) is 5.91 Å². The summed E-state index contributed by atoms with van der Waals surface area (Å²) in [5.74, 6) is 0.373. The van der Waals surface area contributed by atoms with E-state index in [-0.39, 0.29) is 17.9 Å². The third-order valence-electron chi connectivity index (χ3n) is 6.11. The Morgan fingerprint density at radius 1 is 1.00 bits per heavy atom. The summed E-state index contributed by atoms with van der Waals surface area (Å²) < 4.78 is 0. The molecule has 0 aliphatic carbocycles. The number of nitrogens with zero attached hydrogens (tertiary/aromatic N) is 2. The molecule has 8 heteroatoms. The third kappa shape index (κ3) is 6.66. The van der Waals surface area contributed by atoms with Gasteiger partial charge in [-0.25, -0.2) is 10.5 Å². The number of hydroxylamine groups is 1. The zero-order chi connectivity index (χ0) is 25.2. The molecule has 0 spiro atoms. The molecule has 36 heavy (non-hydrogen) atoms. The van der Waals surface area contributed by atoms with Gasteiger partial charge in [-0.3, -0.25) is 19.4 Å². The molecule has 2 aromatic heterocycles. The molecular formula is C28H33N5O3. The van der Waals surface area contributed by atoms with Crippen LogP contribution >= 0.6 is 0 Å². The van der Waals surface area contributed by atoms with E-state index in [4.69, 9.17) is 9.82 Å². The molecule has 1 atom stereocenters. The number of H-pyrrole nitrogens is 1. The van der Waals surface area contributed by atoms with Gasteiger partial charge in [0.05, 0.1) is 23.7 Å². The van der Waals surface area contributed by atoms with E-state index in [1.807, 2.05) is 18.2 Å². The first-order valence-electron chi connectivity index (χ1n) is 12.7. The molecule has 4 aromatic rings. The third-order valence-corrected chi connectivity index (χ3v) is 6.11. The van der Waals surface area contributed by atoms with E-state index in [0.29, 0.717) is 31.0 Å². The Hall–Kier alpha value is -3.78. The maximum Gasteiger partial charge on any atom is 0.270 e. The van der Waals surface area contributed by atoms with Gasteiger partial charge in [0.15, 0.2) is 0 Å². The second-order valence-electron chi connectivity index (χ2n) is 8.87. The molecule has 0 aliphatic rings. The quantitative estimate of drug-likeness (QED) is 0.173. The Kier molecular flexibility index (Phi) is 8.99. The van der Waals surface area contributed by atoms with Gasteiger partial charge in [0.2, 0.25) is 5.91 Å². The molecule has 0 saturated heterocycles. The largest absolute Gasteiger partial charge is 0.341 e. The number of nitrogens with one attached hydrogen (secondary N) is 3. The number of fused-ring (bicyclic) bond motifs is 3. The second kappa shape index (κ2) is 12.8. The number of hydrogen-bond acceptors (Lipinski definition) is 5. The van der Waals surface area contributed by atoms with Crippen LogP contribution in [0.15, 0.2) is 60.8 Å². The topological polar surface area (TPSA) is 109 Å². The van der Waals surface area contributed by atoms with Crippen molar-refractivity contribution >= 4 is 33.6 Å². The van der Waals surface area contributed by atoms with Gasteiger partial charge in [-0.2, -0.15) is 0 Å². The number of pyridine rings is 1. The molecule has 0 unspecified atom stereocenters. The van der Waals surface area contributed by atoms with E-state index in [2.05, 4.69) is 45.9 Å². The van der Waals surface area contributed by atoms with Crippen LogP contribution in [0, 0.1) is 0 Å². The second-order valence-corrected chi connectivity index (χ2v) is 8.87. The molecule has 0 fully saturated rings. The molecule has 8 nitrogen and oxygen atoms in total. The van der Waals surface area contributed by atoms with Crippen LogP contribution in [0.1, 0.15) is 74.2 Å². The molecule has 0 bridgehead atoms. The maximum absolute atomic E-state index is 12.9. The average Bonchev–Trinajstić information content (AvgIpc) is 3.35. The number of unbranched alkanes of at least 4 members (excludes halogenated alkanes) is 3. The molecular weight excluding hydrogens is 454 g/mol. The van der Waals surface area contributed by atoms with E-state index in [1.54, 1.807) is 24.4 Å². The lowest BCUT2D eigenvalue weighted by Crippen LogP contribution is -2.30. The number of carbonyl (C=O) groups excluding carboxylic acids is 2. The lowest BCUT2D eigenvalue weighted by atomic mass is 10.1. The van der Waals surface area contributed by atoms with Gasteiger partial charge in [-0.1, -0.05) is 62.6 Å². The molecule has 0 saturated carbocycles.